The average molecular weight is 179 g/mol. The van der Waals surface area contributed by atoms with Crippen molar-refractivity contribution in [3.8, 4) is 5.75 Å². The van der Waals surface area contributed by atoms with Crippen LogP contribution >= 0.6 is 0 Å². The van der Waals surface area contributed by atoms with Gasteiger partial charge in [-0.05, 0) is 25.0 Å². The molecule has 0 saturated heterocycles. The molecule has 0 radical (unpaired) electrons. The van der Waals surface area contributed by atoms with Crippen LogP contribution in [0.5, 0.6) is 5.75 Å². The van der Waals surface area contributed by atoms with Crippen LogP contribution in [0.1, 0.15) is 25.3 Å². The predicted octanol–water partition coefficient (Wildman–Crippen LogP) is 2.76. The Hall–Kier alpha value is -1.18. The van der Waals surface area contributed by atoms with Gasteiger partial charge in [0, 0.05) is 11.8 Å². The van der Waals surface area contributed by atoms with E-state index in [0.29, 0.717) is 0 Å². The summed E-state index contributed by atoms with van der Waals surface area (Å²) < 4.78 is 5.50. The monoisotopic (exact) mass is 179 g/mol. The summed E-state index contributed by atoms with van der Waals surface area (Å²) >= 11 is 0. The normalized spacial score (nSPS) is 10.0. The molecule has 0 saturated carbocycles. The molecular formula is C11H17NO. The lowest BCUT2D eigenvalue weighted by Gasteiger charge is -2.07. The molecule has 1 aromatic rings. The molecule has 0 bridgehead atoms. The second kappa shape index (κ2) is 4.75. The fourth-order valence-corrected chi connectivity index (χ4v) is 1.04. The first-order valence-corrected chi connectivity index (χ1v) is 4.73. The van der Waals surface area contributed by atoms with Gasteiger partial charge in [-0.15, -0.1) is 0 Å². The highest BCUT2D eigenvalue weighted by Crippen LogP contribution is 2.18. The third-order valence-corrected chi connectivity index (χ3v) is 2.02. The topological polar surface area (TPSA) is 35.2 Å². The second-order valence-electron chi connectivity index (χ2n) is 3.22. The highest BCUT2D eigenvalue weighted by molar-refractivity contribution is 5.50. The second-order valence-corrected chi connectivity index (χ2v) is 3.22. The van der Waals surface area contributed by atoms with Crippen LogP contribution in [0.25, 0.3) is 0 Å². The fourth-order valence-electron chi connectivity index (χ4n) is 1.04. The van der Waals surface area contributed by atoms with Gasteiger partial charge >= 0.3 is 0 Å². The van der Waals surface area contributed by atoms with Crippen LogP contribution in [-0.4, -0.2) is 6.61 Å². The Labute approximate surface area is 79.7 Å². The van der Waals surface area contributed by atoms with Crippen molar-refractivity contribution in [2.24, 2.45) is 0 Å². The summed E-state index contributed by atoms with van der Waals surface area (Å²) in [6.45, 7) is 4.91. The summed E-state index contributed by atoms with van der Waals surface area (Å²) in [5.41, 5.74) is 7.64. The van der Waals surface area contributed by atoms with E-state index in [9.17, 15) is 0 Å². The van der Waals surface area contributed by atoms with Gasteiger partial charge in [-0.3, -0.25) is 0 Å². The molecule has 0 aliphatic carbocycles. The van der Waals surface area contributed by atoms with Gasteiger partial charge in [0.15, 0.2) is 0 Å². The molecule has 0 aliphatic heterocycles. The van der Waals surface area contributed by atoms with E-state index in [2.05, 4.69) is 6.92 Å². The van der Waals surface area contributed by atoms with Crippen LogP contribution in [0.4, 0.5) is 5.69 Å². The number of aryl methyl sites for hydroxylation is 1. The lowest BCUT2D eigenvalue weighted by Crippen LogP contribution is -1.97. The van der Waals surface area contributed by atoms with Gasteiger partial charge in [0.25, 0.3) is 0 Å². The standard InChI is InChI=1S/C11H17NO/c1-3-4-7-13-10-6-5-9(2)11(12)8-10/h5-6,8H,3-4,7,12H2,1-2H3. The van der Waals surface area contributed by atoms with E-state index in [0.717, 1.165) is 36.4 Å². The zero-order chi connectivity index (χ0) is 9.68. The highest BCUT2D eigenvalue weighted by Gasteiger charge is 1.96. The lowest BCUT2D eigenvalue weighted by atomic mass is 10.2. The molecule has 2 heteroatoms. The van der Waals surface area contributed by atoms with Crippen LogP contribution in [0.3, 0.4) is 0 Å². The zero-order valence-electron chi connectivity index (χ0n) is 8.34. The van der Waals surface area contributed by atoms with Crippen LogP contribution in [0.15, 0.2) is 18.2 Å². The first kappa shape index (κ1) is 9.90. The van der Waals surface area contributed by atoms with Gasteiger partial charge in [0.05, 0.1) is 6.61 Å². The van der Waals surface area contributed by atoms with Crippen molar-refractivity contribution >= 4 is 5.69 Å². The van der Waals surface area contributed by atoms with Crippen molar-refractivity contribution in [3.63, 3.8) is 0 Å². The minimum absolute atomic E-state index is 0.777. The summed E-state index contributed by atoms with van der Waals surface area (Å²) in [6, 6.07) is 5.82. The van der Waals surface area contributed by atoms with Crippen LogP contribution in [0.2, 0.25) is 0 Å². The zero-order valence-corrected chi connectivity index (χ0v) is 8.34. The minimum Gasteiger partial charge on any atom is -0.494 e. The lowest BCUT2D eigenvalue weighted by molar-refractivity contribution is 0.309. The Morgan fingerprint density at radius 1 is 1.38 bits per heavy atom. The number of nitrogens with two attached hydrogens (primary N) is 1. The van der Waals surface area contributed by atoms with Gasteiger partial charge in [-0.1, -0.05) is 19.4 Å². The highest BCUT2D eigenvalue weighted by atomic mass is 16.5. The first-order valence-electron chi connectivity index (χ1n) is 4.73. The summed E-state index contributed by atoms with van der Waals surface area (Å²) in [5.74, 6) is 0.872. The Morgan fingerprint density at radius 2 is 2.15 bits per heavy atom. The Bertz CT molecular complexity index is 271. The SMILES string of the molecule is CCCCOc1ccc(C)c(N)c1. The van der Waals surface area contributed by atoms with Crippen molar-refractivity contribution in [3.05, 3.63) is 23.8 Å². The van der Waals surface area contributed by atoms with E-state index in [-0.39, 0.29) is 0 Å². The molecule has 1 aromatic carbocycles. The molecule has 0 unspecified atom stereocenters. The summed E-state index contributed by atoms with van der Waals surface area (Å²) in [7, 11) is 0. The molecule has 0 aromatic heterocycles. The van der Waals surface area contributed by atoms with E-state index in [1.807, 2.05) is 25.1 Å². The molecule has 2 N–H and O–H groups in total. The third-order valence-electron chi connectivity index (χ3n) is 2.02. The number of ether oxygens (including phenoxy) is 1. The van der Waals surface area contributed by atoms with Crippen molar-refractivity contribution in [1.82, 2.24) is 0 Å². The molecule has 13 heavy (non-hydrogen) atoms. The Kier molecular flexibility index (Phi) is 3.62. The van der Waals surface area contributed by atoms with Crippen LogP contribution in [0, 0.1) is 6.92 Å². The molecule has 0 spiro atoms. The average Bonchev–Trinajstić information content (AvgIpc) is 2.12. The molecule has 0 amide bonds. The van der Waals surface area contributed by atoms with Crippen LogP contribution in [-0.2, 0) is 0 Å². The summed E-state index contributed by atoms with van der Waals surface area (Å²) in [4.78, 5) is 0. The first-order chi connectivity index (χ1) is 6.24. The number of anilines is 1. The third kappa shape index (κ3) is 2.98. The quantitative estimate of drug-likeness (QED) is 0.569. The van der Waals surface area contributed by atoms with Crippen molar-refractivity contribution in [1.29, 1.82) is 0 Å². The minimum atomic E-state index is 0.777. The molecular weight excluding hydrogens is 162 g/mol. The van der Waals surface area contributed by atoms with Gasteiger partial charge in [0.1, 0.15) is 5.75 Å². The van der Waals surface area contributed by atoms with E-state index in [1.54, 1.807) is 0 Å². The molecule has 0 atom stereocenters. The number of hydrogen-bond donors (Lipinski definition) is 1. The Morgan fingerprint density at radius 3 is 2.77 bits per heavy atom. The van der Waals surface area contributed by atoms with E-state index < -0.39 is 0 Å². The van der Waals surface area contributed by atoms with Gasteiger partial charge in [0.2, 0.25) is 0 Å². The fraction of sp³-hybridized carbons (Fsp3) is 0.455. The van der Waals surface area contributed by atoms with Crippen molar-refractivity contribution in [2.45, 2.75) is 26.7 Å². The predicted molar refractivity (Wildman–Crippen MR) is 56.0 cm³/mol. The number of nitrogen functional groups attached to an aromatic ring is 1. The maximum absolute atomic E-state index is 5.74. The molecule has 0 aliphatic rings. The Balaban J connectivity index is 2.53. The van der Waals surface area contributed by atoms with E-state index in [4.69, 9.17) is 10.5 Å². The number of unbranched alkanes of at least 4 members (excludes halogenated alkanes) is 1. The number of rotatable bonds is 4. The van der Waals surface area contributed by atoms with Gasteiger partial charge < -0.3 is 10.5 Å². The molecule has 0 fully saturated rings. The smallest absolute Gasteiger partial charge is 0.121 e. The van der Waals surface area contributed by atoms with Crippen molar-refractivity contribution in [2.75, 3.05) is 12.3 Å². The number of benzene rings is 1. The largest absolute Gasteiger partial charge is 0.494 e. The maximum atomic E-state index is 5.74. The van der Waals surface area contributed by atoms with Gasteiger partial charge in [-0.25, -0.2) is 0 Å². The molecule has 72 valence electrons. The van der Waals surface area contributed by atoms with Crippen LogP contribution < -0.4 is 10.5 Å². The maximum Gasteiger partial charge on any atom is 0.121 e. The van der Waals surface area contributed by atoms with E-state index in [1.165, 1.54) is 0 Å². The summed E-state index contributed by atoms with van der Waals surface area (Å²) in [6.07, 6.45) is 2.25. The van der Waals surface area contributed by atoms with Crippen molar-refractivity contribution < 1.29 is 4.74 Å². The molecule has 0 heterocycles. The molecule has 1 rings (SSSR count). The number of hydrogen-bond acceptors (Lipinski definition) is 2. The van der Waals surface area contributed by atoms with E-state index >= 15 is 0 Å². The van der Waals surface area contributed by atoms with Gasteiger partial charge in [-0.2, -0.15) is 0 Å². The summed E-state index contributed by atoms with van der Waals surface area (Å²) in [5, 5.41) is 0. The molecule has 2 nitrogen and oxygen atoms in total.